The summed E-state index contributed by atoms with van der Waals surface area (Å²) in [5, 5.41) is 4.75. The highest BCUT2D eigenvalue weighted by atomic mass is 32.2. The Morgan fingerprint density at radius 2 is 2.39 bits per heavy atom. The molecule has 3 heterocycles. The van der Waals surface area contributed by atoms with Crippen LogP contribution in [0.25, 0.3) is 0 Å². The van der Waals surface area contributed by atoms with E-state index in [0.29, 0.717) is 5.82 Å². The van der Waals surface area contributed by atoms with Crippen LogP contribution in [-0.4, -0.2) is 21.6 Å². The lowest BCUT2D eigenvalue weighted by atomic mass is 10.1. The first-order valence-corrected chi connectivity index (χ1v) is 7.52. The minimum absolute atomic E-state index is 0.0140. The summed E-state index contributed by atoms with van der Waals surface area (Å²) < 4.78 is 0. The van der Waals surface area contributed by atoms with E-state index in [9.17, 15) is 4.79 Å². The molecule has 3 rings (SSSR count). The molecule has 2 aromatic rings. The summed E-state index contributed by atoms with van der Waals surface area (Å²) in [7, 11) is 0. The zero-order valence-corrected chi connectivity index (χ0v) is 11.1. The van der Waals surface area contributed by atoms with E-state index in [1.807, 2.05) is 6.07 Å². The number of rotatable bonds is 2. The van der Waals surface area contributed by atoms with Crippen molar-refractivity contribution < 1.29 is 4.79 Å². The lowest BCUT2D eigenvalue weighted by Crippen LogP contribution is -2.22. The van der Waals surface area contributed by atoms with Crippen LogP contribution in [0.1, 0.15) is 15.7 Å². The third-order valence-electron chi connectivity index (χ3n) is 2.73. The molecule has 4 nitrogen and oxygen atoms in total. The molecule has 1 atom stereocenters. The molecule has 92 valence electrons. The number of thioether (sulfide) groups is 1. The van der Waals surface area contributed by atoms with Crippen molar-refractivity contribution in [3.05, 3.63) is 40.5 Å². The van der Waals surface area contributed by atoms with Crippen molar-refractivity contribution >= 4 is 34.8 Å². The minimum Gasteiger partial charge on any atom is -0.308 e. The fraction of sp³-hybridized carbons (Fsp3) is 0.250. The molecule has 1 aliphatic rings. The van der Waals surface area contributed by atoms with Crippen LogP contribution in [0.3, 0.4) is 0 Å². The van der Waals surface area contributed by atoms with E-state index in [1.165, 1.54) is 4.88 Å². The third-order valence-corrected chi connectivity index (χ3v) is 4.97. The first-order valence-electron chi connectivity index (χ1n) is 5.59. The number of anilines is 1. The molecular weight excluding hydrogens is 266 g/mol. The molecule has 1 N–H and O–H groups in total. The van der Waals surface area contributed by atoms with E-state index in [-0.39, 0.29) is 11.2 Å². The summed E-state index contributed by atoms with van der Waals surface area (Å²) >= 11 is 3.42. The number of hydrogen-bond acceptors (Lipinski definition) is 5. The van der Waals surface area contributed by atoms with Gasteiger partial charge in [0, 0.05) is 17.3 Å². The van der Waals surface area contributed by atoms with Crippen LogP contribution in [0.15, 0.2) is 30.0 Å². The summed E-state index contributed by atoms with van der Waals surface area (Å²) in [5.74, 6) is 1.48. The Hall–Kier alpha value is -1.40. The van der Waals surface area contributed by atoms with Gasteiger partial charge in [0.05, 0.1) is 6.20 Å². The normalized spacial score (nSPS) is 18.1. The predicted molar refractivity (Wildman–Crippen MR) is 73.9 cm³/mol. The second-order valence-electron chi connectivity index (χ2n) is 3.88. The number of fused-ring (bicyclic) bond motifs is 1. The van der Waals surface area contributed by atoms with Crippen LogP contribution in [-0.2, 0) is 11.2 Å². The Morgan fingerprint density at radius 3 is 3.22 bits per heavy atom. The molecule has 0 aromatic carbocycles. The van der Waals surface area contributed by atoms with Gasteiger partial charge in [-0.3, -0.25) is 9.78 Å². The molecule has 0 saturated heterocycles. The van der Waals surface area contributed by atoms with Gasteiger partial charge >= 0.3 is 0 Å². The Morgan fingerprint density at radius 1 is 1.44 bits per heavy atom. The smallest absolute Gasteiger partial charge is 0.243 e. The number of carbonyl (C=O) groups is 1. The third kappa shape index (κ3) is 2.26. The molecule has 0 fully saturated rings. The summed E-state index contributed by atoms with van der Waals surface area (Å²) in [6.45, 7) is 0. The summed E-state index contributed by atoms with van der Waals surface area (Å²) in [6.07, 6.45) is 5.77. The molecule has 6 heteroatoms. The highest BCUT2D eigenvalue weighted by molar-refractivity contribution is 8.00. The maximum absolute atomic E-state index is 12.2. The van der Waals surface area contributed by atoms with Crippen LogP contribution < -0.4 is 5.32 Å². The maximum Gasteiger partial charge on any atom is 0.243 e. The van der Waals surface area contributed by atoms with Gasteiger partial charge in [0.2, 0.25) is 5.91 Å². The summed E-state index contributed by atoms with van der Waals surface area (Å²) in [6, 6.07) is 2.05. The molecule has 0 unspecified atom stereocenters. The Labute approximate surface area is 113 Å². The van der Waals surface area contributed by atoms with Gasteiger partial charge in [-0.15, -0.1) is 23.1 Å². The SMILES string of the molecule is O=C(Nc1cnccn1)[C@@H]1SCCc2sccc21. The average molecular weight is 277 g/mol. The van der Waals surface area contributed by atoms with Gasteiger partial charge in [-0.1, -0.05) is 0 Å². The highest BCUT2D eigenvalue weighted by Crippen LogP contribution is 2.39. The Bertz CT molecular complexity index is 555. The quantitative estimate of drug-likeness (QED) is 0.916. The van der Waals surface area contributed by atoms with Gasteiger partial charge in [0.15, 0.2) is 5.82 Å². The molecule has 2 aromatic heterocycles. The van der Waals surface area contributed by atoms with Crippen LogP contribution in [0.4, 0.5) is 5.82 Å². The lowest BCUT2D eigenvalue weighted by Gasteiger charge is -2.21. The van der Waals surface area contributed by atoms with Crippen LogP contribution in [0, 0.1) is 0 Å². The summed E-state index contributed by atoms with van der Waals surface area (Å²) in [5.41, 5.74) is 1.15. The zero-order chi connectivity index (χ0) is 12.4. The molecule has 1 amide bonds. The first-order chi connectivity index (χ1) is 8.84. The molecule has 0 radical (unpaired) electrons. The molecule has 0 saturated carbocycles. The van der Waals surface area contributed by atoms with Crippen molar-refractivity contribution in [1.82, 2.24) is 9.97 Å². The van der Waals surface area contributed by atoms with E-state index in [1.54, 1.807) is 41.7 Å². The first kappa shape index (κ1) is 11.7. The van der Waals surface area contributed by atoms with Gasteiger partial charge in [0.1, 0.15) is 5.25 Å². The second kappa shape index (κ2) is 5.07. The van der Waals surface area contributed by atoms with Crippen LogP contribution >= 0.6 is 23.1 Å². The van der Waals surface area contributed by atoms with Gasteiger partial charge in [-0.05, 0) is 29.2 Å². The van der Waals surface area contributed by atoms with Gasteiger partial charge in [-0.2, -0.15) is 0 Å². The minimum atomic E-state index is -0.123. The van der Waals surface area contributed by atoms with Crippen molar-refractivity contribution in [3.63, 3.8) is 0 Å². The number of aryl methyl sites for hydroxylation is 1. The van der Waals surface area contributed by atoms with E-state index in [2.05, 4.69) is 20.7 Å². The number of carbonyl (C=O) groups excluding carboxylic acids is 1. The molecule has 18 heavy (non-hydrogen) atoms. The monoisotopic (exact) mass is 277 g/mol. The standard InChI is InChI=1S/C12H11N3OS2/c16-12(15-10-7-13-3-4-14-10)11-8-1-5-17-9(8)2-6-18-11/h1,3-5,7,11H,2,6H2,(H,14,15,16)/t11-/m1/s1. The average Bonchev–Trinajstić information content (AvgIpc) is 2.87. The number of hydrogen-bond donors (Lipinski definition) is 1. The number of amides is 1. The van der Waals surface area contributed by atoms with Crippen molar-refractivity contribution in [2.75, 3.05) is 11.1 Å². The van der Waals surface area contributed by atoms with Gasteiger partial charge in [-0.25, -0.2) is 4.98 Å². The van der Waals surface area contributed by atoms with Crippen molar-refractivity contribution in [1.29, 1.82) is 0 Å². The van der Waals surface area contributed by atoms with E-state index >= 15 is 0 Å². The van der Waals surface area contributed by atoms with Crippen molar-refractivity contribution in [2.45, 2.75) is 11.7 Å². The van der Waals surface area contributed by atoms with Crippen LogP contribution in [0.2, 0.25) is 0 Å². The highest BCUT2D eigenvalue weighted by Gasteiger charge is 2.28. The Kier molecular flexibility index (Phi) is 3.29. The Balaban J connectivity index is 1.79. The number of nitrogens with zero attached hydrogens (tertiary/aromatic N) is 2. The fourth-order valence-corrected chi connectivity index (χ4v) is 4.21. The number of nitrogens with one attached hydrogen (secondary N) is 1. The van der Waals surface area contributed by atoms with E-state index < -0.39 is 0 Å². The topological polar surface area (TPSA) is 54.9 Å². The van der Waals surface area contributed by atoms with E-state index in [0.717, 1.165) is 17.7 Å². The number of thiophene rings is 1. The van der Waals surface area contributed by atoms with Crippen molar-refractivity contribution in [3.8, 4) is 0 Å². The van der Waals surface area contributed by atoms with Gasteiger partial charge in [0.25, 0.3) is 0 Å². The largest absolute Gasteiger partial charge is 0.308 e. The van der Waals surface area contributed by atoms with Crippen molar-refractivity contribution in [2.24, 2.45) is 0 Å². The van der Waals surface area contributed by atoms with Gasteiger partial charge < -0.3 is 5.32 Å². The molecule has 0 aliphatic carbocycles. The summed E-state index contributed by atoms with van der Waals surface area (Å²) in [4.78, 5) is 21.6. The van der Waals surface area contributed by atoms with E-state index in [4.69, 9.17) is 0 Å². The second-order valence-corrected chi connectivity index (χ2v) is 6.09. The number of aromatic nitrogens is 2. The molecule has 0 spiro atoms. The molecular formula is C12H11N3OS2. The lowest BCUT2D eigenvalue weighted by molar-refractivity contribution is -0.115. The molecule has 1 aliphatic heterocycles. The van der Waals surface area contributed by atoms with Crippen LogP contribution in [0.5, 0.6) is 0 Å². The predicted octanol–water partition coefficient (Wildman–Crippen LogP) is 2.51. The fourth-order valence-electron chi connectivity index (χ4n) is 1.92. The molecule has 0 bridgehead atoms. The maximum atomic E-state index is 12.2. The zero-order valence-electron chi connectivity index (χ0n) is 9.50.